The number of piperazine rings is 1. The Morgan fingerprint density at radius 1 is 0.893 bits per heavy atom. The molecule has 0 N–H and O–H groups in total. The van der Waals surface area contributed by atoms with Crippen molar-refractivity contribution in [2.24, 2.45) is 17.8 Å². The Kier molecular flexibility index (Phi) is 4.43. The van der Waals surface area contributed by atoms with Crippen LogP contribution in [0.3, 0.4) is 0 Å². The molecule has 1 saturated heterocycles. The number of hydrogen-bond donors (Lipinski definition) is 0. The van der Waals surface area contributed by atoms with Crippen molar-refractivity contribution in [1.82, 2.24) is 9.21 Å². The van der Waals surface area contributed by atoms with Gasteiger partial charge in [0.15, 0.2) is 0 Å². The lowest BCUT2D eigenvalue weighted by Gasteiger charge is -2.36. The monoisotopic (exact) mass is 398 g/mol. The Bertz CT molecular complexity index is 1010. The Morgan fingerprint density at radius 2 is 1.64 bits per heavy atom. The van der Waals surface area contributed by atoms with Gasteiger partial charge in [0.2, 0.25) is 15.9 Å². The van der Waals surface area contributed by atoms with E-state index in [1.165, 1.54) is 23.6 Å². The van der Waals surface area contributed by atoms with Gasteiger partial charge in [0.25, 0.3) is 0 Å². The Balaban J connectivity index is 1.28. The summed E-state index contributed by atoms with van der Waals surface area (Å²) in [4.78, 5) is 15.2. The zero-order valence-corrected chi connectivity index (χ0v) is 16.8. The first-order valence-electron chi connectivity index (χ1n) is 10.3. The van der Waals surface area contributed by atoms with Crippen molar-refractivity contribution in [2.75, 3.05) is 26.2 Å². The smallest absolute Gasteiger partial charge is 0.243 e. The molecular formula is C22H26N2O3S. The van der Waals surface area contributed by atoms with E-state index in [4.69, 9.17) is 0 Å². The Hall–Kier alpha value is -1.92. The van der Waals surface area contributed by atoms with Crippen molar-refractivity contribution in [3.05, 3.63) is 42.5 Å². The van der Waals surface area contributed by atoms with Crippen LogP contribution in [0.15, 0.2) is 47.4 Å². The van der Waals surface area contributed by atoms with Gasteiger partial charge in [-0.25, -0.2) is 8.42 Å². The van der Waals surface area contributed by atoms with Crippen LogP contribution in [0.5, 0.6) is 0 Å². The molecule has 3 fully saturated rings. The van der Waals surface area contributed by atoms with E-state index >= 15 is 0 Å². The molecule has 5 nitrogen and oxygen atoms in total. The number of nitrogens with zero attached hydrogens (tertiary/aromatic N) is 2. The van der Waals surface area contributed by atoms with Crippen molar-refractivity contribution < 1.29 is 13.2 Å². The molecule has 2 bridgehead atoms. The number of fused-ring (bicyclic) bond motifs is 3. The minimum Gasteiger partial charge on any atom is -0.340 e. The maximum Gasteiger partial charge on any atom is 0.243 e. The molecule has 1 amide bonds. The molecule has 6 heteroatoms. The maximum absolute atomic E-state index is 13.1. The fraction of sp³-hybridized carbons (Fsp3) is 0.500. The van der Waals surface area contributed by atoms with Crippen LogP contribution in [-0.4, -0.2) is 49.7 Å². The summed E-state index contributed by atoms with van der Waals surface area (Å²) in [5, 5.41) is 1.96. The highest BCUT2D eigenvalue weighted by molar-refractivity contribution is 7.89. The number of hydrogen-bond acceptors (Lipinski definition) is 3. The summed E-state index contributed by atoms with van der Waals surface area (Å²) in [7, 11) is -3.53. The molecule has 0 spiro atoms. The van der Waals surface area contributed by atoms with E-state index < -0.39 is 10.0 Å². The van der Waals surface area contributed by atoms with E-state index in [0.717, 1.165) is 23.1 Å². The lowest BCUT2D eigenvalue weighted by Crippen LogP contribution is -2.52. The standard InChI is InChI=1S/C22H26N2O3S/c25-22(21-14-16-5-6-19(21)13-16)23-9-11-24(12-10-23)28(26,27)20-8-7-17-3-1-2-4-18(17)15-20/h1-4,7-8,15-16,19,21H,5-6,9-14H2. The van der Waals surface area contributed by atoms with E-state index in [1.807, 2.05) is 35.2 Å². The Labute approximate surface area is 166 Å². The van der Waals surface area contributed by atoms with Crippen molar-refractivity contribution in [1.29, 1.82) is 0 Å². The highest BCUT2D eigenvalue weighted by Crippen LogP contribution is 2.48. The first kappa shape index (κ1) is 18.1. The van der Waals surface area contributed by atoms with Crippen molar-refractivity contribution in [2.45, 2.75) is 30.6 Å². The van der Waals surface area contributed by atoms with Gasteiger partial charge in [0.05, 0.1) is 4.90 Å². The third-order valence-corrected chi connectivity index (χ3v) is 8.86. The molecule has 3 aliphatic rings. The van der Waals surface area contributed by atoms with Gasteiger partial charge in [-0.3, -0.25) is 4.79 Å². The summed E-state index contributed by atoms with van der Waals surface area (Å²) in [6, 6.07) is 13.1. The second-order valence-corrected chi connectivity index (χ2v) is 10.5. The molecule has 1 heterocycles. The van der Waals surface area contributed by atoms with Crippen molar-refractivity contribution in [3.63, 3.8) is 0 Å². The number of benzene rings is 2. The minimum atomic E-state index is -3.53. The van der Waals surface area contributed by atoms with Gasteiger partial charge < -0.3 is 4.90 Å². The lowest BCUT2D eigenvalue weighted by atomic mass is 9.87. The quantitative estimate of drug-likeness (QED) is 0.798. The third kappa shape index (κ3) is 3.03. The van der Waals surface area contributed by atoms with Gasteiger partial charge in [-0.2, -0.15) is 4.31 Å². The molecule has 5 rings (SSSR count). The summed E-state index contributed by atoms with van der Waals surface area (Å²) >= 11 is 0. The molecule has 2 aromatic rings. The number of rotatable bonds is 3. The molecule has 0 radical (unpaired) electrons. The van der Waals surface area contributed by atoms with Crippen LogP contribution in [0.2, 0.25) is 0 Å². The van der Waals surface area contributed by atoms with Gasteiger partial charge in [-0.15, -0.1) is 0 Å². The topological polar surface area (TPSA) is 57.7 Å². The van der Waals surface area contributed by atoms with Crippen LogP contribution in [0, 0.1) is 17.8 Å². The molecule has 2 saturated carbocycles. The van der Waals surface area contributed by atoms with Crippen LogP contribution in [0.1, 0.15) is 25.7 Å². The minimum absolute atomic E-state index is 0.183. The number of carbonyl (C=O) groups is 1. The molecule has 1 aliphatic heterocycles. The molecule has 2 aliphatic carbocycles. The second kappa shape index (κ2) is 6.85. The first-order chi connectivity index (χ1) is 13.5. The van der Waals surface area contributed by atoms with Crippen LogP contribution in [-0.2, 0) is 14.8 Å². The molecule has 0 aromatic heterocycles. The summed E-state index contributed by atoms with van der Waals surface area (Å²) in [5.74, 6) is 1.75. The number of carbonyl (C=O) groups excluding carboxylic acids is 1. The van der Waals surface area contributed by atoms with Crippen LogP contribution >= 0.6 is 0 Å². The van der Waals surface area contributed by atoms with E-state index in [1.54, 1.807) is 12.1 Å². The number of amides is 1. The van der Waals surface area contributed by atoms with Crippen LogP contribution in [0.4, 0.5) is 0 Å². The van der Waals surface area contributed by atoms with Crippen molar-refractivity contribution >= 4 is 26.7 Å². The normalized spacial score (nSPS) is 28.1. The van der Waals surface area contributed by atoms with Gasteiger partial charge in [0.1, 0.15) is 0 Å². The van der Waals surface area contributed by atoms with E-state index in [-0.39, 0.29) is 11.8 Å². The highest BCUT2D eigenvalue weighted by atomic mass is 32.2. The molecule has 2 aromatic carbocycles. The van der Waals surface area contributed by atoms with Crippen LogP contribution in [0.25, 0.3) is 10.8 Å². The fourth-order valence-electron chi connectivity index (χ4n) is 5.41. The second-order valence-electron chi connectivity index (χ2n) is 8.52. The maximum atomic E-state index is 13.1. The summed E-state index contributed by atoms with van der Waals surface area (Å²) in [6.07, 6.45) is 4.73. The van der Waals surface area contributed by atoms with Crippen LogP contribution < -0.4 is 0 Å². The number of sulfonamides is 1. The predicted molar refractivity (Wildman–Crippen MR) is 108 cm³/mol. The molecule has 148 valence electrons. The zero-order valence-electron chi connectivity index (χ0n) is 16.0. The first-order valence-corrected chi connectivity index (χ1v) is 11.7. The van der Waals surface area contributed by atoms with Gasteiger partial charge in [-0.1, -0.05) is 36.8 Å². The molecular weight excluding hydrogens is 372 g/mol. The molecule has 3 unspecified atom stereocenters. The summed E-state index contributed by atoms with van der Waals surface area (Å²) < 4.78 is 27.7. The van der Waals surface area contributed by atoms with Gasteiger partial charge >= 0.3 is 0 Å². The average Bonchev–Trinajstić information content (AvgIpc) is 3.36. The third-order valence-electron chi connectivity index (χ3n) is 6.96. The summed E-state index contributed by atoms with van der Waals surface area (Å²) in [5.41, 5.74) is 0. The molecule has 3 atom stereocenters. The van der Waals surface area contributed by atoms with E-state index in [2.05, 4.69) is 0 Å². The van der Waals surface area contributed by atoms with Gasteiger partial charge in [-0.05, 0) is 54.0 Å². The summed E-state index contributed by atoms with van der Waals surface area (Å²) in [6.45, 7) is 1.75. The highest BCUT2D eigenvalue weighted by Gasteiger charge is 2.45. The Morgan fingerprint density at radius 3 is 2.32 bits per heavy atom. The largest absolute Gasteiger partial charge is 0.340 e. The fourth-order valence-corrected chi connectivity index (χ4v) is 6.87. The van der Waals surface area contributed by atoms with Gasteiger partial charge in [0, 0.05) is 32.1 Å². The van der Waals surface area contributed by atoms with Crippen molar-refractivity contribution in [3.8, 4) is 0 Å². The molecule has 28 heavy (non-hydrogen) atoms. The average molecular weight is 399 g/mol. The zero-order chi connectivity index (χ0) is 19.3. The van der Waals surface area contributed by atoms with E-state index in [9.17, 15) is 13.2 Å². The SMILES string of the molecule is O=C(C1CC2CCC1C2)N1CCN(S(=O)(=O)c2ccc3ccccc3c2)CC1. The lowest BCUT2D eigenvalue weighted by molar-refractivity contribution is -0.138. The van der Waals surface area contributed by atoms with E-state index in [0.29, 0.717) is 37.0 Å². The predicted octanol–water partition coefficient (Wildman–Crippen LogP) is 3.11.